The molecule has 4 N–H and O–H groups in total. The molecule has 126 valence electrons. The van der Waals surface area contributed by atoms with E-state index in [1.807, 2.05) is 0 Å². The predicted octanol–water partition coefficient (Wildman–Crippen LogP) is 3.92. The first-order valence-corrected chi connectivity index (χ1v) is 8.60. The largest absolute Gasteiger partial charge is 0.395 e. The van der Waals surface area contributed by atoms with Crippen molar-refractivity contribution in [1.82, 2.24) is 0 Å². The monoisotopic (exact) mass is 302 g/mol. The quantitative estimate of drug-likeness (QED) is 0.317. The van der Waals surface area contributed by atoms with E-state index in [1.165, 1.54) is 63.9 Å². The maximum atomic E-state index is 9.75. The van der Waals surface area contributed by atoms with Crippen LogP contribution < -0.4 is 5.73 Å². The molecule has 0 heterocycles. The molecule has 3 heteroatoms. The van der Waals surface area contributed by atoms with E-state index in [9.17, 15) is 5.11 Å². The highest BCUT2D eigenvalue weighted by atomic mass is 16.3. The molecule has 0 saturated heterocycles. The normalized spacial score (nSPS) is 19.0. The third kappa shape index (κ3) is 14.3. The Kier molecular flexibility index (Phi) is 11.8. The zero-order valence-corrected chi connectivity index (χ0v) is 13.7. The molecule has 0 spiro atoms. The molecule has 3 nitrogen and oxygen atoms in total. The number of unbranched alkanes of at least 4 members (excludes halogenated alkanes) is 11. The SMILES string of the molecule is [2H]C([2H])(O)[C@H](N)[C@]([2H])(O)/C=C/CCCCCCCCCCCCC. The van der Waals surface area contributed by atoms with Crippen LogP contribution in [-0.2, 0) is 0 Å². The molecule has 0 aromatic carbocycles. The molecule has 0 aromatic heterocycles. The summed E-state index contributed by atoms with van der Waals surface area (Å²) in [4.78, 5) is 0. The highest BCUT2D eigenvalue weighted by Crippen LogP contribution is 2.12. The summed E-state index contributed by atoms with van der Waals surface area (Å²) in [5, 5.41) is 18.9. The number of hydrogen-bond donors (Lipinski definition) is 3. The van der Waals surface area contributed by atoms with Gasteiger partial charge in [0.05, 0.1) is 22.8 Å². The molecule has 0 saturated carbocycles. The van der Waals surface area contributed by atoms with Crippen molar-refractivity contribution in [1.29, 1.82) is 0 Å². The zero-order chi connectivity index (χ0) is 18.5. The summed E-state index contributed by atoms with van der Waals surface area (Å²) in [6.07, 6.45) is 15.2. The fourth-order valence-corrected chi connectivity index (χ4v) is 2.30. The van der Waals surface area contributed by atoms with Gasteiger partial charge < -0.3 is 15.9 Å². The van der Waals surface area contributed by atoms with E-state index in [0.29, 0.717) is 0 Å². The zero-order valence-electron chi connectivity index (χ0n) is 16.7. The van der Waals surface area contributed by atoms with Crippen LogP contribution in [0.5, 0.6) is 0 Å². The average molecular weight is 303 g/mol. The maximum Gasteiger partial charge on any atom is 0.0894 e. The van der Waals surface area contributed by atoms with E-state index in [0.717, 1.165) is 19.3 Å². The second kappa shape index (κ2) is 16.0. The Morgan fingerprint density at radius 2 is 1.48 bits per heavy atom. The van der Waals surface area contributed by atoms with Crippen LogP contribution in [0, 0.1) is 0 Å². The maximum absolute atomic E-state index is 9.75. The van der Waals surface area contributed by atoms with Gasteiger partial charge in [0.25, 0.3) is 0 Å². The first-order valence-electron chi connectivity index (χ1n) is 10.1. The Bertz CT molecular complexity index is 331. The first-order chi connectivity index (χ1) is 11.2. The summed E-state index contributed by atoms with van der Waals surface area (Å²) in [5.41, 5.74) is 5.36. The smallest absolute Gasteiger partial charge is 0.0894 e. The van der Waals surface area contributed by atoms with Gasteiger partial charge in [-0.2, -0.15) is 0 Å². The molecule has 2 atom stereocenters. The van der Waals surface area contributed by atoms with E-state index in [2.05, 4.69) is 6.92 Å². The van der Waals surface area contributed by atoms with Crippen molar-refractivity contribution >= 4 is 0 Å². The number of hydrogen-bond acceptors (Lipinski definition) is 3. The number of allylic oxidation sites excluding steroid dienone is 1. The Morgan fingerprint density at radius 3 is 1.95 bits per heavy atom. The predicted molar refractivity (Wildman–Crippen MR) is 91.3 cm³/mol. The highest BCUT2D eigenvalue weighted by Gasteiger charge is 2.08. The molecular weight excluding hydrogens is 262 g/mol. The van der Waals surface area contributed by atoms with Crippen LogP contribution in [0.1, 0.15) is 88.1 Å². The molecule has 0 aliphatic carbocycles. The van der Waals surface area contributed by atoms with Gasteiger partial charge in [0.2, 0.25) is 0 Å². The van der Waals surface area contributed by atoms with Crippen LogP contribution in [0.15, 0.2) is 12.2 Å². The van der Waals surface area contributed by atoms with Crippen LogP contribution in [0.4, 0.5) is 0 Å². The minimum absolute atomic E-state index is 0.722. The molecule has 0 fully saturated rings. The Balaban J connectivity index is 3.59. The molecular formula is C18H37NO2. The van der Waals surface area contributed by atoms with Crippen molar-refractivity contribution in [3.05, 3.63) is 12.2 Å². The van der Waals surface area contributed by atoms with Crippen molar-refractivity contribution in [3.63, 3.8) is 0 Å². The highest BCUT2D eigenvalue weighted by molar-refractivity contribution is 4.93. The van der Waals surface area contributed by atoms with Crippen LogP contribution in [-0.4, -0.2) is 28.9 Å². The molecule has 0 unspecified atom stereocenters. The lowest BCUT2D eigenvalue weighted by atomic mass is 10.0. The van der Waals surface area contributed by atoms with E-state index >= 15 is 0 Å². The minimum atomic E-state index is -2.78. The van der Waals surface area contributed by atoms with Crippen molar-refractivity contribution in [2.75, 3.05) is 6.56 Å². The van der Waals surface area contributed by atoms with Crippen molar-refractivity contribution in [2.24, 2.45) is 5.73 Å². The summed E-state index contributed by atoms with van der Waals surface area (Å²) in [7, 11) is 0. The fraction of sp³-hybridized carbons (Fsp3) is 0.889. The van der Waals surface area contributed by atoms with Gasteiger partial charge in [-0.15, -0.1) is 0 Å². The Morgan fingerprint density at radius 1 is 1.00 bits per heavy atom. The van der Waals surface area contributed by atoms with Gasteiger partial charge in [-0.1, -0.05) is 83.3 Å². The van der Waals surface area contributed by atoms with Gasteiger partial charge in [0, 0.05) is 0 Å². The lowest BCUT2D eigenvalue weighted by molar-refractivity contribution is 0.144. The van der Waals surface area contributed by atoms with Crippen molar-refractivity contribution in [2.45, 2.75) is 96.1 Å². The van der Waals surface area contributed by atoms with Gasteiger partial charge in [0.1, 0.15) is 0 Å². The van der Waals surface area contributed by atoms with E-state index in [-0.39, 0.29) is 0 Å². The number of aliphatic hydroxyl groups is 2. The Labute approximate surface area is 135 Å². The number of rotatable bonds is 15. The van der Waals surface area contributed by atoms with Gasteiger partial charge in [0.15, 0.2) is 0 Å². The lowest BCUT2D eigenvalue weighted by Gasteiger charge is -2.11. The molecule has 0 radical (unpaired) electrons. The van der Waals surface area contributed by atoms with E-state index in [1.54, 1.807) is 6.08 Å². The third-order valence-corrected chi connectivity index (χ3v) is 3.72. The van der Waals surface area contributed by atoms with Crippen LogP contribution in [0.2, 0.25) is 0 Å². The summed E-state index contributed by atoms with van der Waals surface area (Å²) in [6, 6.07) is -1.70. The van der Waals surface area contributed by atoms with Crippen molar-refractivity contribution < 1.29 is 14.3 Å². The second-order valence-corrected chi connectivity index (χ2v) is 5.76. The van der Waals surface area contributed by atoms with Crippen molar-refractivity contribution in [3.8, 4) is 0 Å². The van der Waals surface area contributed by atoms with Gasteiger partial charge in [-0.05, 0) is 12.8 Å². The Hall–Kier alpha value is -0.380. The van der Waals surface area contributed by atoms with Crippen LogP contribution >= 0.6 is 0 Å². The van der Waals surface area contributed by atoms with Gasteiger partial charge in [-0.25, -0.2) is 0 Å². The van der Waals surface area contributed by atoms with E-state index < -0.39 is 18.7 Å². The lowest BCUT2D eigenvalue weighted by Crippen LogP contribution is -2.36. The minimum Gasteiger partial charge on any atom is -0.395 e. The number of nitrogens with two attached hydrogens (primary N) is 1. The molecule has 0 amide bonds. The molecule has 0 bridgehead atoms. The molecule has 0 rings (SSSR count). The van der Waals surface area contributed by atoms with Gasteiger partial charge >= 0.3 is 0 Å². The summed E-state index contributed by atoms with van der Waals surface area (Å²) in [6.45, 7) is -0.545. The summed E-state index contributed by atoms with van der Waals surface area (Å²) >= 11 is 0. The van der Waals surface area contributed by atoms with Crippen LogP contribution in [0.25, 0.3) is 0 Å². The summed E-state index contributed by atoms with van der Waals surface area (Å²) < 4.78 is 21.7. The molecule has 21 heavy (non-hydrogen) atoms. The molecule has 0 aliphatic rings. The fourth-order valence-electron chi connectivity index (χ4n) is 2.30. The first kappa shape index (κ1) is 15.5. The second-order valence-electron chi connectivity index (χ2n) is 5.76. The van der Waals surface area contributed by atoms with Gasteiger partial charge in [-0.3, -0.25) is 0 Å². The van der Waals surface area contributed by atoms with E-state index in [4.69, 9.17) is 15.0 Å². The molecule has 0 aliphatic heterocycles. The standard InChI is InChI=1S/C18H37NO2/c1-2-3-4-5-6-7-8-9-10-11-12-13-14-15-18(21)17(19)16-20/h14-15,17-18,20-21H,2-13,16,19H2,1H3/b15-14+/t17-,18+/m0/s1/i16D2,18D. The molecule has 0 aromatic rings. The van der Waals surface area contributed by atoms with Crippen LogP contribution in [0.3, 0.4) is 0 Å². The summed E-state index contributed by atoms with van der Waals surface area (Å²) in [5.74, 6) is 0. The third-order valence-electron chi connectivity index (χ3n) is 3.72. The topological polar surface area (TPSA) is 66.5 Å². The average Bonchev–Trinajstić information content (AvgIpc) is 2.50.